The standard InChI is InChI=1S/C18H15N3O3/c19-17(22)14-9-5-4-8-13(14)11-24-18(23)15-10-20-21-16(15)12-6-2-1-3-7-12/h1-10H,11H2,(H2,19,22)(H,20,21). The summed E-state index contributed by atoms with van der Waals surface area (Å²) in [5.74, 6) is -1.09. The fourth-order valence-corrected chi connectivity index (χ4v) is 2.37. The second-order valence-electron chi connectivity index (χ2n) is 5.12. The van der Waals surface area contributed by atoms with Crippen molar-refractivity contribution in [2.24, 2.45) is 5.73 Å². The first-order chi connectivity index (χ1) is 11.7. The molecule has 3 rings (SSSR count). The lowest BCUT2D eigenvalue weighted by Crippen LogP contribution is -2.15. The highest BCUT2D eigenvalue weighted by atomic mass is 16.5. The minimum atomic E-state index is -0.560. The molecule has 6 heteroatoms. The molecule has 0 spiro atoms. The fourth-order valence-electron chi connectivity index (χ4n) is 2.37. The number of nitrogens with two attached hydrogens (primary N) is 1. The van der Waals surface area contributed by atoms with Crippen LogP contribution in [0.2, 0.25) is 0 Å². The number of nitrogens with zero attached hydrogens (tertiary/aromatic N) is 1. The Morgan fingerprint density at radius 1 is 1.00 bits per heavy atom. The van der Waals surface area contributed by atoms with Gasteiger partial charge in [0.15, 0.2) is 0 Å². The number of rotatable bonds is 5. The lowest BCUT2D eigenvalue weighted by molar-refractivity contribution is 0.0471. The Hall–Kier alpha value is -3.41. The quantitative estimate of drug-likeness (QED) is 0.705. The average Bonchev–Trinajstić information content (AvgIpc) is 3.10. The summed E-state index contributed by atoms with van der Waals surface area (Å²) in [5.41, 5.74) is 7.96. The SMILES string of the molecule is NC(=O)c1ccccc1COC(=O)c1cn[nH]c1-c1ccccc1. The van der Waals surface area contributed by atoms with Crippen LogP contribution >= 0.6 is 0 Å². The van der Waals surface area contributed by atoms with Crippen LogP contribution in [0.25, 0.3) is 11.3 Å². The van der Waals surface area contributed by atoms with E-state index in [1.807, 2.05) is 30.3 Å². The van der Waals surface area contributed by atoms with Crippen LogP contribution < -0.4 is 5.73 Å². The number of esters is 1. The van der Waals surface area contributed by atoms with E-state index in [4.69, 9.17) is 10.5 Å². The third-order valence-corrected chi connectivity index (χ3v) is 3.56. The van der Waals surface area contributed by atoms with Crippen molar-refractivity contribution in [3.63, 3.8) is 0 Å². The number of carbonyl (C=O) groups excluding carboxylic acids is 2. The second-order valence-corrected chi connectivity index (χ2v) is 5.12. The molecule has 0 unspecified atom stereocenters. The highest BCUT2D eigenvalue weighted by Gasteiger charge is 2.17. The number of nitrogens with one attached hydrogen (secondary N) is 1. The normalized spacial score (nSPS) is 10.3. The van der Waals surface area contributed by atoms with E-state index < -0.39 is 11.9 Å². The molecule has 0 saturated carbocycles. The largest absolute Gasteiger partial charge is 0.457 e. The van der Waals surface area contributed by atoms with E-state index in [9.17, 15) is 9.59 Å². The van der Waals surface area contributed by atoms with Gasteiger partial charge in [-0.2, -0.15) is 5.10 Å². The Kier molecular flexibility index (Phi) is 4.38. The molecule has 120 valence electrons. The van der Waals surface area contributed by atoms with Gasteiger partial charge < -0.3 is 10.5 Å². The van der Waals surface area contributed by atoms with Gasteiger partial charge in [0, 0.05) is 16.7 Å². The number of H-pyrrole nitrogens is 1. The van der Waals surface area contributed by atoms with Gasteiger partial charge in [0.1, 0.15) is 12.2 Å². The molecule has 1 amide bonds. The number of primary amides is 1. The van der Waals surface area contributed by atoms with Crippen molar-refractivity contribution in [2.45, 2.75) is 6.61 Å². The van der Waals surface area contributed by atoms with Gasteiger partial charge in [0.05, 0.1) is 11.9 Å². The summed E-state index contributed by atoms with van der Waals surface area (Å²) in [5, 5.41) is 6.73. The number of aromatic amines is 1. The highest BCUT2D eigenvalue weighted by molar-refractivity contribution is 5.96. The Balaban J connectivity index is 1.78. The van der Waals surface area contributed by atoms with Crippen LogP contribution in [0, 0.1) is 0 Å². The monoisotopic (exact) mass is 321 g/mol. The summed E-state index contributed by atoms with van der Waals surface area (Å²) in [6.07, 6.45) is 1.42. The molecule has 1 heterocycles. The Morgan fingerprint density at radius 2 is 1.71 bits per heavy atom. The first-order valence-corrected chi connectivity index (χ1v) is 7.30. The van der Waals surface area contributed by atoms with Crippen molar-refractivity contribution in [3.05, 3.63) is 77.5 Å². The minimum Gasteiger partial charge on any atom is -0.457 e. The van der Waals surface area contributed by atoms with E-state index >= 15 is 0 Å². The molecule has 6 nitrogen and oxygen atoms in total. The Labute approximate surface area is 138 Å². The van der Waals surface area contributed by atoms with E-state index in [0.29, 0.717) is 22.4 Å². The number of amides is 1. The highest BCUT2D eigenvalue weighted by Crippen LogP contribution is 2.22. The molecule has 0 aliphatic rings. The van der Waals surface area contributed by atoms with E-state index in [-0.39, 0.29) is 6.61 Å². The zero-order chi connectivity index (χ0) is 16.9. The van der Waals surface area contributed by atoms with Gasteiger partial charge in [-0.1, -0.05) is 48.5 Å². The van der Waals surface area contributed by atoms with Crippen LogP contribution in [0.1, 0.15) is 26.3 Å². The Morgan fingerprint density at radius 3 is 2.46 bits per heavy atom. The third-order valence-electron chi connectivity index (χ3n) is 3.56. The molecule has 3 N–H and O–H groups in total. The molecule has 24 heavy (non-hydrogen) atoms. The van der Waals surface area contributed by atoms with Crippen molar-refractivity contribution >= 4 is 11.9 Å². The summed E-state index contributed by atoms with van der Waals surface area (Å²) in [6, 6.07) is 16.1. The van der Waals surface area contributed by atoms with E-state index in [1.54, 1.807) is 24.3 Å². The molecular formula is C18H15N3O3. The average molecular weight is 321 g/mol. The van der Waals surface area contributed by atoms with E-state index in [2.05, 4.69) is 10.2 Å². The molecule has 2 aromatic carbocycles. The summed E-state index contributed by atoms with van der Waals surface area (Å²) < 4.78 is 5.32. The molecular weight excluding hydrogens is 306 g/mol. The van der Waals surface area contributed by atoms with Gasteiger partial charge in [-0.25, -0.2) is 4.79 Å². The molecule has 1 aromatic heterocycles. The zero-order valence-corrected chi connectivity index (χ0v) is 12.7. The maximum absolute atomic E-state index is 12.4. The smallest absolute Gasteiger partial charge is 0.342 e. The van der Waals surface area contributed by atoms with Crippen LogP contribution in [-0.4, -0.2) is 22.1 Å². The van der Waals surface area contributed by atoms with E-state index in [1.165, 1.54) is 6.20 Å². The first kappa shape index (κ1) is 15.5. The van der Waals surface area contributed by atoms with Gasteiger partial charge in [-0.15, -0.1) is 0 Å². The van der Waals surface area contributed by atoms with Crippen LogP contribution in [0.5, 0.6) is 0 Å². The molecule has 0 atom stereocenters. The van der Waals surface area contributed by atoms with Crippen molar-refractivity contribution < 1.29 is 14.3 Å². The predicted molar refractivity (Wildman–Crippen MR) is 88.1 cm³/mol. The van der Waals surface area contributed by atoms with Crippen LogP contribution in [-0.2, 0) is 11.3 Å². The number of aromatic nitrogens is 2. The van der Waals surface area contributed by atoms with Crippen LogP contribution in [0.4, 0.5) is 0 Å². The van der Waals surface area contributed by atoms with Gasteiger partial charge in [0.2, 0.25) is 5.91 Å². The van der Waals surface area contributed by atoms with Gasteiger partial charge in [0.25, 0.3) is 0 Å². The topological polar surface area (TPSA) is 98.1 Å². The van der Waals surface area contributed by atoms with Gasteiger partial charge >= 0.3 is 5.97 Å². The number of ether oxygens (including phenoxy) is 1. The Bertz CT molecular complexity index is 872. The summed E-state index contributed by atoms with van der Waals surface area (Å²) >= 11 is 0. The van der Waals surface area contributed by atoms with Crippen molar-refractivity contribution in [3.8, 4) is 11.3 Å². The predicted octanol–water partition coefficient (Wildman–Crippen LogP) is 2.53. The van der Waals surface area contributed by atoms with Crippen LogP contribution in [0.15, 0.2) is 60.8 Å². The molecule has 3 aromatic rings. The first-order valence-electron chi connectivity index (χ1n) is 7.30. The van der Waals surface area contributed by atoms with Gasteiger partial charge in [-0.3, -0.25) is 9.89 Å². The molecule has 0 fully saturated rings. The molecule has 0 aliphatic carbocycles. The molecule has 0 bridgehead atoms. The van der Waals surface area contributed by atoms with Crippen molar-refractivity contribution in [1.29, 1.82) is 0 Å². The molecule has 0 saturated heterocycles. The minimum absolute atomic E-state index is 0.0443. The number of hydrogen-bond acceptors (Lipinski definition) is 4. The summed E-state index contributed by atoms with van der Waals surface area (Å²) in [7, 11) is 0. The summed E-state index contributed by atoms with van der Waals surface area (Å²) in [6.45, 7) is -0.0443. The van der Waals surface area contributed by atoms with E-state index in [0.717, 1.165) is 5.56 Å². The molecule has 0 aliphatic heterocycles. The van der Waals surface area contributed by atoms with Crippen LogP contribution in [0.3, 0.4) is 0 Å². The van der Waals surface area contributed by atoms with Crippen molar-refractivity contribution in [1.82, 2.24) is 10.2 Å². The molecule has 0 radical (unpaired) electrons. The number of benzene rings is 2. The number of hydrogen-bond donors (Lipinski definition) is 2. The maximum atomic E-state index is 12.4. The zero-order valence-electron chi connectivity index (χ0n) is 12.7. The fraction of sp³-hybridized carbons (Fsp3) is 0.0556. The third kappa shape index (κ3) is 3.17. The second kappa shape index (κ2) is 6.78. The lowest BCUT2D eigenvalue weighted by atomic mass is 10.1. The summed E-state index contributed by atoms with van der Waals surface area (Å²) in [4.78, 5) is 23.8. The maximum Gasteiger partial charge on any atom is 0.342 e. The lowest BCUT2D eigenvalue weighted by Gasteiger charge is -2.08. The van der Waals surface area contributed by atoms with Crippen molar-refractivity contribution in [2.75, 3.05) is 0 Å². The van der Waals surface area contributed by atoms with Gasteiger partial charge in [-0.05, 0) is 6.07 Å². The number of carbonyl (C=O) groups is 2.